The van der Waals surface area contributed by atoms with Gasteiger partial charge in [0.1, 0.15) is 0 Å². The Bertz CT molecular complexity index is 2220. The third kappa shape index (κ3) is 4.22. The molecular weight excluding hydrogens is 508 g/mol. The van der Waals surface area contributed by atoms with Crippen LogP contribution in [-0.4, -0.2) is 9.97 Å². The molecule has 0 aliphatic carbocycles. The van der Waals surface area contributed by atoms with E-state index in [9.17, 15) is 0 Å². The Morgan fingerprint density at radius 1 is 0.381 bits per heavy atom. The van der Waals surface area contributed by atoms with Gasteiger partial charge >= 0.3 is 0 Å². The highest BCUT2D eigenvalue weighted by Gasteiger charge is 2.14. The molecular formula is C40H26N2. The van der Waals surface area contributed by atoms with E-state index in [1.807, 2.05) is 18.5 Å². The molecule has 0 aliphatic rings. The summed E-state index contributed by atoms with van der Waals surface area (Å²) in [6, 6.07) is 51.9. The first-order valence-corrected chi connectivity index (χ1v) is 14.2. The van der Waals surface area contributed by atoms with Gasteiger partial charge in [-0.3, -0.25) is 4.98 Å². The number of nitrogens with zero attached hydrogens (tertiary/aromatic N) is 2. The number of aromatic nitrogens is 2. The Morgan fingerprint density at radius 3 is 1.76 bits per heavy atom. The Morgan fingerprint density at radius 2 is 1.02 bits per heavy atom. The van der Waals surface area contributed by atoms with E-state index in [1.54, 1.807) is 0 Å². The van der Waals surface area contributed by atoms with Crippen LogP contribution in [0.15, 0.2) is 158 Å². The van der Waals surface area contributed by atoms with E-state index in [0.29, 0.717) is 0 Å². The van der Waals surface area contributed by atoms with Crippen LogP contribution < -0.4 is 0 Å². The van der Waals surface area contributed by atoms with Gasteiger partial charge in [-0.15, -0.1) is 0 Å². The minimum atomic E-state index is 0.976. The molecule has 0 saturated heterocycles. The molecule has 0 unspecified atom stereocenters. The molecule has 2 heteroatoms. The lowest BCUT2D eigenvalue weighted by atomic mass is 9.92. The summed E-state index contributed by atoms with van der Waals surface area (Å²) in [5.41, 5.74) is 10.1. The van der Waals surface area contributed by atoms with Crippen molar-refractivity contribution in [1.82, 2.24) is 9.97 Å². The van der Waals surface area contributed by atoms with Crippen molar-refractivity contribution >= 4 is 32.4 Å². The van der Waals surface area contributed by atoms with Gasteiger partial charge in [0.2, 0.25) is 0 Å². The third-order valence-electron chi connectivity index (χ3n) is 8.17. The van der Waals surface area contributed by atoms with Crippen molar-refractivity contribution in [2.24, 2.45) is 0 Å². The lowest BCUT2D eigenvalue weighted by Crippen LogP contribution is -1.92. The molecule has 6 aromatic carbocycles. The van der Waals surface area contributed by atoms with E-state index >= 15 is 0 Å². The fraction of sp³-hybridized carbons (Fsp3) is 0. The van der Waals surface area contributed by atoms with E-state index in [-0.39, 0.29) is 0 Å². The number of pyridine rings is 2. The molecule has 0 atom stereocenters. The minimum Gasteiger partial charge on any atom is -0.264 e. The lowest BCUT2D eigenvalue weighted by Gasteiger charge is -2.14. The molecule has 0 spiro atoms. The summed E-state index contributed by atoms with van der Waals surface area (Å²) in [5.74, 6) is 0. The summed E-state index contributed by atoms with van der Waals surface area (Å²) < 4.78 is 0. The van der Waals surface area contributed by atoms with Gasteiger partial charge in [-0.25, -0.2) is 4.98 Å². The van der Waals surface area contributed by atoms with Gasteiger partial charge in [0.05, 0.1) is 11.2 Å². The molecule has 8 rings (SSSR count). The smallest absolute Gasteiger partial charge is 0.0722 e. The quantitative estimate of drug-likeness (QED) is 0.224. The Labute approximate surface area is 244 Å². The van der Waals surface area contributed by atoms with Crippen molar-refractivity contribution in [3.05, 3.63) is 158 Å². The zero-order valence-corrected chi connectivity index (χ0v) is 22.9. The van der Waals surface area contributed by atoms with Crippen LogP contribution in [0.4, 0.5) is 0 Å². The average molecular weight is 535 g/mol. The standard InChI is InChI=1S/C40H26N2/c1-3-13-33-28(8-1)10-5-15-35(33)31-21-22-39-38(24-31)37(30-19-17-27(18-20-30)32-12-7-23-41-26-32)25-40(42-39)36-16-6-11-29-9-2-4-14-34(29)36/h1-26H. The molecule has 2 heterocycles. The van der Waals surface area contributed by atoms with Gasteiger partial charge < -0.3 is 0 Å². The first-order valence-electron chi connectivity index (χ1n) is 14.2. The first-order chi connectivity index (χ1) is 20.8. The molecule has 8 aromatic rings. The highest BCUT2D eigenvalue weighted by molar-refractivity contribution is 6.04. The summed E-state index contributed by atoms with van der Waals surface area (Å²) in [7, 11) is 0. The first kappa shape index (κ1) is 24.2. The van der Waals surface area contributed by atoms with E-state index in [0.717, 1.165) is 38.9 Å². The fourth-order valence-corrected chi connectivity index (χ4v) is 6.07. The highest BCUT2D eigenvalue weighted by atomic mass is 14.7. The highest BCUT2D eigenvalue weighted by Crippen LogP contribution is 2.38. The third-order valence-corrected chi connectivity index (χ3v) is 8.17. The minimum absolute atomic E-state index is 0.976. The van der Waals surface area contributed by atoms with E-state index in [2.05, 4.69) is 145 Å². The molecule has 0 bridgehead atoms. The van der Waals surface area contributed by atoms with E-state index in [4.69, 9.17) is 4.98 Å². The summed E-state index contributed by atoms with van der Waals surface area (Å²) in [6.07, 6.45) is 3.72. The lowest BCUT2D eigenvalue weighted by molar-refractivity contribution is 1.33. The molecule has 0 fully saturated rings. The molecule has 0 aliphatic heterocycles. The second kappa shape index (κ2) is 10.1. The summed E-state index contributed by atoms with van der Waals surface area (Å²) in [4.78, 5) is 9.54. The van der Waals surface area contributed by atoms with Crippen LogP contribution in [-0.2, 0) is 0 Å². The van der Waals surface area contributed by atoms with Crippen molar-refractivity contribution in [3.63, 3.8) is 0 Å². The van der Waals surface area contributed by atoms with Crippen LogP contribution in [0.3, 0.4) is 0 Å². The summed E-state index contributed by atoms with van der Waals surface area (Å²) in [6.45, 7) is 0. The molecule has 2 aromatic heterocycles. The van der Waals surface area contributed by atoms with Crippen LogP contribution in [0.2, 0.25) is 0 Å². The van der Waals surface area contributed by atoms with Gasteiger partial charge in [0.25, 0.3) is 0 Å². The van der Waals surface area contributed by atoms with Crippen LogP contribution in [0.5, 0.6) is 0 Å². The normalized spacial score (nSPS) is 11.3. The van der Waals surface area contributed by atoms with Crippen molar-refractivity contribution in [2.75, 3.05) is 0 Å². The molecule has 196 valence electrons. The largest absolute Gasteiger partial charge is 0.264 e. The van der Waals surface area contributed by atoms with Crippen LogP contribution in [0.1, 0.15) is 0 Å². The Hall–Kier alpha value is -5.60. The SMILES string of the molecule is c1cncc(-c2ccc(-c3cc(-c4cccc5ccccc45)nc4ccc(-c5cccc6ccccc56)cc34)cc2)c1. The van der Waals surface area contributed by atoms with E-state index < -0.39 is 0 Å². The maximum Gasteiger partial charge on any atom is 0.0722 e. The van der Waals surface area contributed by atoms with Gasteiger partial charge in [0, 0.05) is 23.3 Å². The number of hydrogen-bond acceptors (Lipinski definition) is 2. The monoisotopic (exact) mass is 534 g/mol. The van der Waals surface area contributed by atoms with Gasteiger partial charge in [-0.05, 0) is 79.2 Å². The maximum absolute atomic E-state index is 5.24. The topological polar surface area (TPSA) is 25.8 Å². The predicted octanol–water partition coefficient (Wildman–Crippen LogP) is 10.6. The number of rotatable bonds is 4. The van der Waals surface area contributed by atoms with Gasteiger partial charge in [-0.1, -0.05) is 121 Å². The Balaban J connectivity index is 1.36. The maximum atomic E-state index is 5.24. The molecule has 0 N–H and O–H groups in total. The van der Waals surface area contributed by atoms with Crippen molar-refractivity contribution in [2.45, 2.75) is 0 Å². The molecule has 0 saturated carbocycles. The van der Waals surface area contributed by atoms with E-state index in [1.165, 1.54) is 38.2 Å². The molecule has 2 nitrogen and oxygen atoms in total. The fourth-order valence-electron chi connectivity index (χ4n) is 6.07. The molecule has 0 amide bonds. The van der Waals surface area contributed by atoms with Gasteiger partial charge in [-0.2, -0.15) is 0 Å². The molecule has 0 radical (unpaired) electrons. The second-order valence-electron chi connectivity index (χ2n) is 10.7. The summed E-state index contributed by atoms with van der Waals surface area (Å²) >= 11 is 0. The van der Waals surface area contributed by atoms with Crippen LogP contribution >= 0.6 is 0 Å². The van der Waals surface area contributed by atoms with Crippen molar-refractivity contribution in [3.8, 4) is 44.6 Å². The van der Waals surface area contributed by atoms with Crippen LogP contribution in [0.25, 0.3) is 77.1 Å². The second-order valence-corrected chi connectivity index (χ2v) is 10.7. The predicted molar refractivity (Wildman–Crippen MR) is 176 cm³/mol. The average Bonchev–Trinajstić information content (AvgIpc) is 3.07. The molecule has 42 heavy (non-hydrogen) atoms. The van der Waals surface area contributed by atoms with Crippen molar-refractivity contribution in [1.29, 1.82) is 0 Å². The van der Waals surface area contributed by atoms with Crippen molar-refractivity contribution < 1.29 is 0 Å². The zero-order valence-electron chi connectivity index (χ0n) is 22.9. The number of fused-ring (bicyclic) bond motifs is 3. The number of benzene rings is 6. The van der Waals surface area contributed by atoms with Crippen LogP contribution in [0, 0.1) is 0 Å². The summed E-state index contributed by atoms with van der Waals surface area (Å²) in [5, 5.41) is 6.05. The van der Waals surface area contributed by atoms with Gasteiger partial charge in [0.15, 0.2) is 0 Å². The number of hydrogen-bond donors (Lipinski definition) is 0. The zero-order chi connectivity index (χ0) is 27.9. The Kier molecular flexibility index (Phi) is 5.82.